The average molecular weight is 751 g/mol. The summed E-state index contributed by atoms with van der Waals surface area (Å²) in [6, 6.07) is 33.0. The molecular formula is C37H30Cr3N4O4-4. The van der Waals surface area contributed by atoms with Crippen molar-refractivity contribution in [1.29, 1.82) is 0 Å². The van der Waals surface area contributed by atoms with E-state index in [1.807, 2.05) is 81.4 Å². The van der Waals surface area contributed by atoms with E-state index in [1.165, 1.54) is 18.2 Å². The van der Waals surface area contributed by atoms with Crippen LogP contribution < -0.4 is 20.4 Å². The standard InChI is InChI=1S/C21H22N2O2.C16H12N2O2.3Cr/c1-4-21(2,3)16-10-7-11-17(20(16)25)22-23-19-15-9-6-5-8-14(15)12-13-18(19)24;19-14-8-4-3-7-13(14)17-18-16-12-6-2-1-5-11(12)9-10-15(16)20;;;/h5-13,24-25H,4H2,1-3H3;1-10,19-20H;;;/p-4. The van der Waals surface area contributed by atoms with Gasteiger partial charge in [0.1, 0.15) is 0 Å². The van der Waals surface area contributed by atoms with Crippen LogP contribution in [0.2, 0.25) is 0 Å². The number of benzene rings is 6. The second-order valence-corrected chi connectivity index (χ2v) is 11.0. The average Bonchev–Trinajstić information content (AvgIpc) is 3.05. The fraction of sp³-hybridized carbons (Fsp3) is 0.135. The Balaban J connectivity index is 0.000000320. The first-order valence-electron chi connectivity index (χ1n) is 14.5. The van der Waals surface area contributed by atoms with Crippen LogP contribution >= 0.6 is 0 Å². The van der Waals surface area contributed by atoms with E-state index in [1.54, 1.807) is 36.4 Å². The fourth-order valence-electron chi connectivity index (χ4n) is 4.75. The number of para-hydroxylation sites is 2. The molecule has 0 fully saturated rings. The van der Waals surface area contributed by atoms with E-state index in [0.29, 0.717) is 5.56 Å². The van der Waals surface area contributed by atoms with Gasteiger partial charge in [-0.05, 0) is 40.3 Å². The normalized spacial score (nSPS) is 11.0. The Kier molecular flexibility index (Phi) is 14.9. The molecule has 0 aliphatic rings. The number of hydrogen-bond donors (Lipinski definition) is 0. The van der Waals surface area contributed by atoms with Gasteiger partial charge in [0.15, 0.2) is 0 Å². The van der Waals surface area contributed by atoms with Crippen molar-refractivity contribution in [3.8, 4) is 23.0 Å². The maximum atomic E-state index is 12.7. The summed E-state index contributed by atoms with van der Waals surface area (Å²) >= 11 is 0. The molecule has 0 unspecified atom stereocenters. The SMILES string of the molecule is CCC(C)(C)c1cccc(N=Nc2c([O-])ccc3ccccc23)c1[O-].[Cr].[Cr].[Cr].[O-]c1ccccc1N=Nc1c([O-])ccc2ccccc12. The van der Waals surface area contributed by atoms with Crippen molar-refractivity contribution in [2.45, 2.75) is 32.6 Å². The minimum atomic E-state index is -0.230. The summed E-state index contributed by atoms with van der Waals surface area (Å²) in [5.74, 6) is -0.773. The predicted molar refractivity (Wildman–Crippen MR) is 170 cm³/mol. The molecule has 0 heterocycles. The van der Waals surface area contributed by atoms with Crippen LogP contribution in [0.1, 0.15) is 32.8 Å². The summed E-state index contributed by atoms with van der Waals surface area (Å²) in [6.45, 7) is 6.11. The molecule has 0 aromatic heterocycles. The Labute approximate surface area is 311 Å². The quantitative estimate of drug-likeness (QED) is 0.157. The Hall–Kier alpha value is -4.16. The Morgan fingerprint density at radius 1 is 0.479 bits per heavy atom. The molecule has 0 aliphatic carbocycles. The van der Waals surface area contributed by atoms with Crippen molar-refractivity contribution in [1.82, 2.24) is 0 Å². The van der Waals surface area contributed by atoms with Crippen LogP contribution in [0.4, 0.5) is 22.7 Å². The smallest absolute Gasteiger partial charge is 0.0857 e. The number of fused-ring (bicyclic) bond motifs is 2. The topological polar surface area (TPSA) is 142 Å². The Bertz CT molecular complexity index is 2050. The molecule has 0 spiro atoms. The third-order valence-electron chi connectivity index (χ3n) is 7.72. The maximum absolute atomic E-state index is 12.7. The van der Waals surface area contributed by atoms with E-state index in [2.05, 4.69) is 20.5 Å². The van der Waals surface area contributed by atoms with Gasteiger partial charge in [0.25, 0.3) is 0 Å². The van der Waals surface area contributed by atoms with E-state index in [9.17, 15) is 20.4 Å². The van der Waals surface area contributed by atoms with E-state index >= 15 is 0 Å². The van der Waals surface area contributed by atoms with Gasteiger partial charge in [0.05, 0.1) is 22.7 Å². The summed E-state index contributed by atoms with van der Waals surface area (Å²) < 4.78 is 0. The molecule has 0 bridgehead atoms. The zero-order valence-electron chi connectivity index (χ0n) is 26.3. The van der Waals surface area contributed by atoms with Gasteiger partial charge in [-0.25, -0.2) is 0 Å². The molecule has 0 aliphatic heterocycles. The minimum Gasteiger partial charge on any atom is -0.871 e. The van der Waals surface area contributed by atoms with Crippen molar-refractivity contribution in [3.05, 3.63) is 121 Å². The van der Waals surface area contributed by atoms with Gasteiger partial charge in [-0.3, -0.25) is 0 Å². The van der Waals surface area contributed by atoms with Crippen LogP contribution in [0.25, 0.3) is 21.5 Å². The molecule has 11 heteroatoms. The summed E-state index contributed by atoms with van der Waals surface area (Å²) in [7, 11) is 0. The van der Waals surface area contributed by atoms with Crippen molar-refractivity contribution in [2.75, 3.05) is 0 Å². The molecule has 48 heavy (non-hydrogen) atoms. The number of azo groups is 2. The fourth-order valence-corrected chi connectivity index (χ4v) is 4.75. The van der Waals surface area contributed by atoms with Crippen LogP contribution in [-0.4, -0.2) is 0 Å². The second kappa shape index (κ2) is 17.8. The summed E-state index contributed by atoms with van der Waals surface area (Å²) in [6.07, 6.45) is 0.844. The molecule has 6 rings (SSSR count). The van der Waals surface area contributed by atoms with Crippen LogP contribution in [0.3, 0.4) is 0 Å². The van der Waals surface area contributed by atoms with Crippen LogP contribution in [0.5, 0.6) is 23.0 Å². The van der Waals surface area contributed by atoms with E-state index < -0.39 is 0 Å². The van der Waals surface area contributed by atoms with Gasteiger partial charge in [0, 0.05) is 62.9 Å². The van der Waals surface area contributed by atoms with Gasteiger partial charge < -0.3 is 20.4 Å². The van der Waals surface area contributed by atoms with E-state index in [4.69, 9.17) is 0 Å². The summed E-state index contributed by atoms with van der Waals surface area (Å²) in [5, 5.41) is 67.8. The number of nitrogens with zero attached hydrogens (tertiary/aromatic N) is 4. The van der Waals surface area contributed by atoms with Gasteiger partial charge in [-0.1, -0.05) is 147 Å². The van der Waals surface area contributed by atoms with Crippen LogP contribution in [0, 0.1) is 0 Å². The first kappa shape index (κ1) is 40.0. The molecule has 244 valence electrons. The van der Waals surface area contributed by atoms with Crippen molar-refractivity contribution >= 4 is 44.3 Å². The molecule has 0 radical (unpaired) electrons. The second-order valence-electron chi connectivity index (χ2n) is 11.0. The molecule has 0 N–H and O–H groups in total. The Morgan fingerprint density at radius 3 is 1.46 bits per heavy atom. The summed E-state index contributed by atoms with van der Waals surface area (Å²) in [4.78, 5) is 0. The molecule has 0 saturated heterocycles. The van der Waals surface area contributed by atoms with Gasteiger partial charge in [-0.15, -0.1) is 0 Å². The summed E-state index contributed by atoms with van der Waals surface area (Å²) in [5.41, 5.74) is 1.48. The van der Waals surface area contributed by atoms with Crippen molar-refractivity contribution in [3.63, 3.8) is 0 Å². The monoisotopic (exact) mass is 750 g/mol. The largest absolute Gasteiger partial charge is 0.871 e. The zero-order valence-corrected chi connectivity index (χ0v) is 30.1. The first-order valence-corrected chi connectivity index (χ1v) is 14.5. The third kappa shape index (κ3) is 9.04. The van der Waals surface area contributed by atoms with Crippen molar-refractivity contribution in [2.24, 2.45) is 20.5 Å². The molecule has 0 saturated carbocycles. The zero-order chi connectivity index (χ0) is 32.0. The van der Waals surface area contributed by atoms with Gasteiger partial charge in [0.2, 0.25) is 0 Å². The van der Waals surface area contributed by atoms with Gasteiger partial charge in [-0.2, -0.15) is 20.5 Å². The third-order valence-corrected chi connectivity index (χ3v) is 7.72. The molecule has 6 aromatic carbocycles. The Morgan fingerprint density at radius 2 is 0.938 bits per heavy atom. The molecule has 6 aromatic rings. The van der Waals surface area contributed by atoms with Gasteiger partial charge >= 0.3 is 0 Å². The number of hydrogen-bond acceptors (Lipinski definition) is 8. The van der Waals surface area contributed by atoms with E-state index in [-0.39, 0.29) is 103 Å². The molecule has 0 atom stereocenters. The molecule has 0 amide bonds. The van der Waals surface area contributed by atoms with Crippen LogP contribution in [-0.2, 0) is 57.5 Å². The van der Waals surface area contributed by atoms with Crippen molar-refractivity contribution < 1.29 is 72.5 Å². The van der Waals surface area contributed by atoms with Crippen LogP contribution in [0.15, 0.2) is 136 Å². The minimum absolute atomic E-state index is 0. The number of rotatable bonds is 6. The molecular weight excluding hydrogens is 720 g/mol. The van der Waals surface area contributed by atoms with E-state index in [0.717, 1.165) is 28.0 Å². The predicted octanol–water partition coefficient (Wildman–Crippen LogP) is 8.48. The maximum Gasteiger partial charge on any atom is 0.0857 e. The molecule has 8 nitrogen and oxygen atoms in total. The first-order chi connectivity index (χ1) is 21.7.